The van der Waals surface area contributed by atoms with Gasteiger partial charge in [0.15, 0.2) is 17.2 Å². The lowest BCUT2D eigenvalue weighted by Gasteiger charge is -2.08. The minimum absolute atomic E-state index is 0.0524. The lowest BCUT2D eigenvalue weighted by Crippen LogP contribution is -2.16. The van der Waals surface area contributed by atoms with E-state index in [2.05, 4.69) is 10.3 Å². The Hall–Kier alpha value is -3.15. The average Bonchev–Trinajstić information content (AvgIpc) is 2.92. The summed E-state index contributed by atoms with van der Waals surface area (Å²) >= 11 is 0. The molecule has 1 aromatic carbocycles. The summed E-state index contributed by atoms with van der Waals surface area (Å²) in [4.78, 5) is 28.7. The molecule has 0 radical (unpaired) electrons. The van der Waals surface area contributed by atoms with Crippen LogP contribution in [0.2, 0.25) is 0 Å². The number of nitrogens with one attached hydrogen (secondary N) is 1. The van der Waals surface area contributed by atoms with Crippen molar-refractivity contribution in [2.24, 2.45) is 0 Å². The van der Waals surface area contributed by atoms with E-state index >= 15 is 0 Å². The number of fused-ring (bicyclic) bond motifs is 1. The van der Waals surface area contributed by atoms with Gasteiger partial charge in [0.25, 0.3) is 5.91 Å². The topological polar surface area (TPSA) is 72.7 Å². The number of nitrogens with zero attached hydrogens (tertiary/aromatic N) is 2. The van der Waals surface area contributed by atoms with Gasteiger partial charge in [-0.3, -0.25) is 14.0 Å². The van der Waals surface area contributed by atoms with Gasteiger partial charge in [0.05, 0.1) is 12.3 Å². The Balaban J connectivity index is 1.97. The minimum atomic E-state index is -0.292. The number of anilines is 1. The summed E-state index contributed by atoms with van der Waals surface area (Å²) in [7, 11) is 0. The molecule has 0 unspecified atom stereocenters. The van der Waals surface area contributed by atoms with Crippen LogP contribution in [0.15, 0.2) is 42.6 Å². The van der Waals surface area contributed by atoms with E-state index in [9.17, 15) is 9.59 Å². The molecule has 0 saturated carbocycles. The number of ether oxygens (including phenoxy) is 1. The molecule has 6 heteroatoms. The third-order valence-electron chi connectivity index (χ3n) is 3.83. The van der Waals surface area contributed by atoms with Gasteiger partial charge in [0, 0.05) is 17.4 Å². The molecule has 3 rings (SSSR count). The van der Waals surface area contributed by atoms with Gasteiger partial charge in [0.2, 0.25) is 0 Å². The SMILES string of the molecule is CCOc1cccn2c(C(=O)Nc3cccc(C(C)=O)c3)c(C)nc12. The van der Waals surface area contributed by atoms with Gasteiger partial charge in [-0.15, -0.1) is 0 Å². The molecule has 0 atom stereocenters. The number of imidazole rings is 1. The second-order valence-electron chi connectivity index (χ2n) is 5.64. The van der Waals surface area contributed by atoms with E-state index in [0.29, 0.717) is 40.6 Å². The Bertz CT molecular complexity index is 960. The van der Waals surface area contributed by atoms with E-state index in [-0.39, 0.29) is 11.7 Å². The van der Waals surface area contributed by atoms with E-state index in [0.717, 1.165) is 0 Å². The number of hydrogen-bond acceptors (Lipinski definition) is 4. The number of carbonyl (C=O) groups excluding carboxylic acids is 2. The van der Waals surface area contributed by atoms with E-state index < -0.39 is 0 Å². The van der Waals surface area contributed by atoms with E-state index in [1.807, 2.05) is 19.1 Å². The normalized spacial score (nSPS) is 10.7. The highest BCUT2D eigenvalue weighted by molar-refractivity contribution is 6.05. The van der Waals surface area contributed by atoms with Crippen LogP contribution in [-0.2, 0) is 0 Å². The van der Waals surface area contributed by atoms with Crippen molar-refractivity contribution >= 4 is 23.0 Å². The largest absolute Gasteiger partial charge is 0.490 e. The lowest BCUT2D eigenvalue weighted by molar-refractivity contribution is 0.100. The Kier molecular flexibility index (Phi) is 4.52. The summed E-state index contributed by atoms with van der Waals surface area (Å²) in [5.74, 6) is 0.286. The highest BCUT2D eigenvalue weighted by Crippen LogP contribution is 2.23. The number of hydrogen-bond donors (Lipinski definition) is 1. The second-order valence-corrected chi connectivity index (χ2v) is 5.64. The molecule has 2 heterocycles. The molecule has 0 aliphatic rings. The van der Waals surface area contributed by atoms with Crippen LogP contribution in [0, 0.1) is 6.92 Å². The van der Waals surface area contributed by atoms with Crippen LogP contribution < -0.4 is 10.1 Å². The van der Waals surface area contributed by atoms with Crippen LogP contribution in [0.4, 0.5) is 5.69 Å². The summed E-state index contributed by atoms with van der Waals surface area (Å²) < 4.78 is 7.29. The molecule has 0 aliphatic carbocycles. The molecule has 25 heavy (non-hydrogen) atoms. The number of pyridine rings is 1. The Morgan fingerprint density at radius 2 is 2.04 bits per heavy atom. The minimum Gasteiger partial charge on any atom is -0.490 e. The quantitative estimate of drug-likeness (QED) is 0.723. The van der Waals surface area contributed by atoms with Crippen molar-refractivity contribution < 1.29 is 14.3 Å². The fourth-order valence-corrected chi connectivity index (χ4v) is 2.70. The number of aryl methyl sites for hydroxylation is 1. The fraction of sp³-hybridized carbons (Fsp3) is 0.211. The summed E-state index contributed by atoms with van der Waals surface area (Å²) in [6, 6.07) is 10.5. The zero-order chi connectivity index (χ0) is 18.0. The summed E-state index contributed by atoms with van der Waals surface area (Å²) in [6.45, 7) is 5.69. The fourth-order valence-electron chi connectivity index (χ4n) is 2.70. The highest BCUT2D eigenvalue weighted by Gasteiger charge is 2.19. The standard InChI is InChI=1S/C19H19N3O3/c1-4-25-16-9-6-10-22-17(12(2)20-18(16)22)19(24)21-15-8-5-7-14(11-15)13(3)23/h5-11H,4H2,1-3H3,(H,21,24). The number of amides is 1. The van der Waals surface area contributed by atoms with Crippen molar-refractivity contribution in [2.45, 2.75) is 20.8 Å². The van der Waals surface area contributed by atoms with Crippen LogP contribution in [0.5, 0.6) is 5.75 Å². The third kappa shape index (κ3) is 3.24. The average molecular weight is 337 g/mol. The predicted molar refractivity (Wildman–Crippen MR) is 95.5 cm³/mol. The number of benzene rings is 1. The molecular formula is C19H19N3O3. The van der Waals surface area contributed by atoms with Crippen molar-refractivity contribution in [3.8, 4) is 5.75 Å². The third-order valence-corrected chi connectivity index (χ3v) is 3.83. The molecule has 0 fully saturated rings. The predicted octanol–water partition coefficient (Wildman–Crippen LogP) is 3.50. The number of Topliss-reactive ketones (excluding diaryl/α,β-unsaturated/α-hetero) is 1. The van der Waals surface area contributed by atoms with Crippen LogP contribution in [-0.4, -0.2) is 27.7 Å². The zero-order valence-corrected chi connectivity index (χ0v) is 14.4. The molecule has 0 saturated heterocycles. The number of ketones is 1. The van der Waals surface area contributed by atoms with Gasteiger partial charge in [-0.25, -0.2) is 4.98 Å². The van der Waals surface area contributed by atoms with Crippen molar-refractivity contribution in [1.82, 2.24) is 9.38 Å². The molecule has 1 amide bonds. The first-order valence-corrected chi connectivity index (χ1v) is 8.04. The highest BCUT2D eigenvalue weighted by atomic mass is 16.5. The summed E-state index contributed by atoms with van der Waals surface area (Å²) in [5, 5.41) is 2.83. The maximum Gasteiger partial charge on any atom is 0.274 e. The first kappa shape index (κ1) is 16.7. The Labute approximate surface area is 145 Å². The maximum atomic E-state index is 12.8. The van der Waals surface area contributed by atoms with Gasteiger partial charge >= 0.3 is 0 Å². The smallest absolute Gasteiger partial charge is 0.274 e. The first-order chi connectivity index (χ1) is 12.0. The Morgan fingerprint density at radius 3 is 2.76 bits per heavy atom. The van der Waals surface area contributed by atoms with Crippen LogP contribution in [0.3, 0.4) is 0 Å². The Morgan fingerprint density at radius 1 is 1.24 bits per heavy atom. The molecule has 3 aromatic rings. The number of rotatable bonds is 5. The molecule has 1 N–H and O–H groups in total. The van der Waals surface area contributed by atoms with E-state index in [1.165, 1.54) is 6.92 Å². The van der Waals surface area contributed by atoms with E-state index in [1.54, 1.807) is 41.8 Å². The first-order valence-electron chi connectivity index (χ1n) is 8.04. The second kappa shape index (κ2) is 6.76. The summed E-state index contributed by atoms with van der Waals surface area (Å²) in [5.41, 5.74) is 2.75. The van der Waals surface area contributed by atoms with Crippen molar-refractivity contribution in [3.05, 3.63) is 59.5 Å². The van der Waals surface area contributed by atoms with Gasteiger partial charge < -0.3 is 10.1 Å². The molecule has 0 spiro atoms. The van der Waals surface area contributed by atoms with Crippen LogP contribution >= 0.6 is 0 Å². The van der Waals surface area contributed by atoms with E-state index in [4.69, 9.17) is 4.74 Å². The number of carbonyl (C=O) groups is 2. The van der Waals surface area contributed by atoms with Gasteiger partial charge in [-0.1, -0.05) is 12.1 Å². The van der Waals surface area contributed by atoms with Crippen LogP contribution in [0.25, 0.3) is 5.65 Å². The van der Waals surface area contributed by atoms with Crippen molar-refractivity contribution in [2.75, 3.05) is 11.9 Å². The monoisotopic (exact) mass is 337 g/mol. The molecular weight excluding hydrogens is 318 g/mol. The maximum absolute atomic E-state index is 12.8. The number of aromatic nitrogens is 2. The van der Waals surface area contributed by atoms with Gasteiger partial charge in [0.1, 0.15) is 5.69 Å². The van der Waals surface area contributed by atoms with Crippen molar-refractivity contribution in [1.29, 1.82) is 0 Å². The lowest BCUT2D eigenvalue weighted by atomic mass is 10.1. The molecule has 0 aliphatic heterocycles. The zero-order valence-electron chi connectivity index (χ0n) is 14.4. The van der Waals surface area contributed by atoms with Gasteiger partial charge in [-0.2, -0.15) is 0 Å². The van der Waals surface area contributed by atoms with Crippen LogP contribution in [0.1, 0.15) is 40.4 Å². The molecule has 6 nitrogen and oxygen atoms in total. The summed E-state index contributed by atoms with van der Waals surface area (Å²) in [6.07, 6.45) is 1.78. The van der Waals surface area contributed by atoms with Crippen molar-refractivity contribution in [3.63, 3.8) is 0 Å². The van der Waals surface area contributed by atoms with Gasteiger partial charge in [-0.05, 0) is 45.0 Å². The molecule has 0 bridgehead atoms. The molecule has 2 aromatic heterocycles. The molecule has 128 valence electrons.